The Labute approximate surface area is 316 Å². The van der Waals surface area contributed by atoms with Crippen LogP contribution in [0.25, 0.3) is 111 Å². The van der Waals surface area contributed by atoms with E-state index in [1.807, 2.05) is 60.7 Å². The van der Waals surface area contributed by atoms with E-state index in [0.29, 0.717) is 5.89 Å². The summed E-state index contributed by atoms with van der Waals surface area (Å²) in [5.74, 6) is 0.609. The zero-order valence-electron chi connectivity index (χ0n) is 29.5. The van der Waals surface area contributed by atoms with Crippen LogP contribution in [0.1, 0.15) is 0 Å². The zero-order valence-corrected chi connectivity index (χ0v) is 29.5. The molecule has 4 aromatic heterocycles. The average Bonchev–Trinajstić information content (AvgIpc) is 3.71. The number of hydrogen-bond donors (Lipinski definition) is 0. The molecular formula is C50H30N4O. The van der Waals surface area contributed by atoms with Crippen LogP contribution in [0.4, 0.5) is 0 Å². The summed E-state index contributed by atoms with van der Waals surface area (Å²) >= 11 is 0. The second-order valence-corrected chi connectivity index (χ2v) is 13.8. The number of aromatic nitrogens is 4. The third-order valence-electron chi connectivity index (χ3n) is 10.5. The minimum Gasteiger partial charge on any atom is -0.436 e. The molecule has 0 aliphatic heterocycles. The Kier molecular flexibility index (Phi) is 7.10. The van der Waals surface area contributed by atoms with Crippen LogP contribution in [0.15, 0.2) is 186 Å². The molecule has 0 aliphatic carbocycles. The molecular weight excluding hydrogens is 673 g/mol. The number of nitrogens with zero attached hydrogens (tertiary/aromatic N) is 4. The number of fused-ring (bicyclic) bond motifs is 8. The highest BCUT2D eigenvalue weighted by Gasteiger charge is 2.18. The van der Waals surface area contributed by atoms with E-state index in [9.17, 15) is 0 Å². The molecule has 0 saturated carbocycles. The van der Waals surface area contributed by atoms with Gasteiger partial charge in [0.2, 0.25) is 5.89 Å². The molecule has 0 N–H and O–H groups in total. The van der Waals surface area contributed by atoms with Crippen molar-refractivity contribution in [1.29, 1.82) is 0 Å². The number of pyridine rings is 3. The molecule has 0 bridgehead atoms. The number of para-hydroxylation sites is 1. The quantitative estimate of drug-likeness (QED) is 0.167. The molecule has 0 radical (unpaired) electrons. The van der Waals surface area contributed by atoms with Crippen LogP contribution >= 0.6 is 0 Å². The third kappa shape index (κ3) is 5.33. The summed E-state index contributed by atoms with van der Waals surface area (Å²) in [4.78, 5) is 20.5. The van der Waals surface area contributed by atoms with Crippen LogP contribution in [0.5, 0.6) is 0 Å². The minimum atomic E-state index is 0.609. The second kappa shape index (κ2) is 12.6. The fourth-order valence-electron chi connectivity index (χ4n) is 7.73. The van der Waals surface area contributed by atoms with E-state index in [-0.39, 0.29) is 0 Å². The summed E-state index contributed by atoms with van der Waals surface area (Å²) in [6.07, 6.45) is 0. The van der Waals surface area contributed by atoms with Crippen molar-refractivity contribution < 1.29 is 4.42 Å². The maximum atomic E-state index is 6.29. The van der Waals surface area contributed by atoms with Crippen molar-refractivity contribution in [2.24, 2.45) is 0 Å². The standard InChI is InChI=1S/C50H30N4O/c1-3-10-32(11-4-1)41-27-24-34-22-23-35-25-28-42(52-48(35)47(34)51-41)38-15-9-14-37(30-38)31-18-20-33(21-19-31)46-40-26-29-44-49(45(40)39-16-7-8-17-43(39)53-46)54-50(55-44)36-12-5-2-6-13-36/h1-30H. The lowest BCUT2D eigenvalue weighted by atomic mass is 9.96. The average molecular weight is 703 g/mol. The van der Waals surface area contributed by atoms with Gasteiger partial charge in [0.25, 0.3) is 0 Å². The second-order valence-electron chi connectivity index (χ2n) is 13.8. The number of benzene rings is 7. The molecule has 0 spiro atoms. The largest absolute Gasteiger partial charge is 0.436 e. The van der Waals surface area contributed by atoms with Gasteiger partial charge in [-0.1, -0.05) is 133 Å². The molecule has 256 valence electrons. The van der Waals surface area contributed by atoms with Crippen molar-refractivity contribution in [3.05, 3.63) is 182 Å². The van der Waals surface area contributed by atoms with Gasteiger partial charge in [0.05, 0.1) is 33.6 Å². The Morgan fingerprint density at radius 1 is 0.345 bits per heavy atom. The normalized spacial score (nSPS) is 11.6. The predicted octanol–water partition coefficient (Wildman–Crippen LogP) is 13.0. The van der Waals surface area contributed by atoms with Crippen molar-refractivity contribution >= 4 is 54.6 Å². The van der Waals surface area contributed by atoms with E-state index < -0.39 is 0 Å². The van der Waals surface area contributed by atoms with Gasteiger partial charge in [-0.15, -0.1) is 0 Å². The Bertz CT molecular complexity index is 3250. The first kappa shape index (κ1) is 31.1. The molecule has 0 fully saturated rings. The maximum Gasteiger partial charge on any atom is 0.227 e. The lowest BCUT2D eigenvalue weighted by molar-refractivity contribution is 0.620. The van der Waals surface area contributed by atoms with Crippen LogP contribution in [0.3, 0.4) is 0 Å². The highest BCUT2D eigenvalue weighted by molar-refractivity contribution is 6.20. The van der Waals surface area contributed by atoms with Crippen LogP contribution < -0.4 is 0 Å². The molecule has 11 aromatic rings. The smallest absolute Gasteiger partial charge is 0.227 e. The summed E-state index contributed by atoms with van der Waals surface area (Å²) in [6, 6.07) is 62.7. The number of oxazole rings is 1. The first-order valence-electron chi connectivity index (χ1n) is 18.4. The SMILES string of the molecule is c1ccc(-c2ccc3ccc4ccc(-c5cccc(-c6ccc(-c7nc8ccccc8c8c7ccc7oc(-c9ccccc9)nc78)cc6)c5)nc4c3n2)cc1. The first-order valence-corrected chi connectivity index (χ1v) is 18.4. The van der Waals surface area contributed by atoms with Crippen molar-refractivity contribution in [3.8, 4) is 56.4 Å². The van der Waals surface area contributed by atoms with Crippen LogP contribution in [0.2, 0.25) is 0 Å². The van der Waals surface area contributed by atoms with Crippen molar-refractivity contribution in [1.82, 2.24) is 19.9 Å². The van der Waals surface area contributed by atoms with E-state index in [0.717, 1.165) is 105 Å². The topological polar surface area (TPSA) is 64.7 Å². The van der Waals surface area contributed by atoms with Gasteiger partial charge in [-0.3, -0.25) is 0 Å². The molecule has 0 atom stereocenters. The molecule has 7 aromatic carbocycles. The van der Waals surface area contributed by atoms with Gasteiger partial charge in [0, 0.05) is 49.2 Å². The van der Waals surface area contributed by atoms with Gasteiger partial charge >= 0.3 is 0 Å². The van der Waals surface area contributed by atoms with Gasteiger partial charge in [0.1, 0.15) is 5.52 Å². The van der Waals surface area contributed by atoms with Crippen LogP contribution in [0, 0.1) is 0 Å². The fourth-order valence-corrected chi connectivity index (χ4v) is 7.73. The molecule has 5 heteroatoms. The monoisotopic (exact) mass is 702 g/mol. The molecule has 5 nitrogen and oxygen atoms in total. The van der Waals surface area contributed by atoms with Gasteiger partial charge < -0.3 is 4.42 Å². The molecule has 0 amide bonds. The van der Waals surface area contributed by atoms with Crippen LogP contribution in [-0.4, -0.2) is 19.9 Å². The van der Waals surface area contributed by atoms with Crippen LogP contribution in [-0.2, 0) is 0 Å². The van der Waals surface area contributed by atoms with Gasteiger partial charge in [-0.25, -0.2) is 19.9 Å². The van der Waals surface area contributed by atoms with Gasteiger partial charge in [-0.05, 0) is 59.7 Å². The molecule has 55 heavy (non-hydrogen) atoms. The third-order valence-corrected chi connectivity index (χ3v) is 10.5. The molecule has 4 heterocycles. The molecule has 0 unspecified atom stereocenters. The fraction of sp³-hybridized carbons (Fsp3) is 0. The summed E-state index contributed by atoms with van der Waals surface area (Å²) in [7, 11) is 0. The first-order chi connectivity index (χ1) is 27.2. The van der Waals surface area contributed by atoms with Crippen molar-refractivity contribution in [2.75, 3.05) is 0 Å². The Morgan fingerprint density at radius 3 is 1.69 bits per heavy atom. The number of rotatable bonds is 5. The molecule has 11 rings (SSSR count). The van der Waals surface area contributed by atoms with Gasteiger partial charge in [-0.2, -0.15) is 0 Å². The van der Waals surface area contributed by atoms with E-state index in [1.165, 1.54) is 0 Å². The van der Waals surface area contributed by atoms with E-state index in [4.69, 9.17) is 24.4 Å². The number of hydrogen-bond acceptors (Lipinski definition) is 5. The summed E-state index contributed by atoms with van der Waals surface area (Å²) in [5, 5.41) is 5.27. The minimum absolute atomic E-state index is 0.609. The Hall–Kier alpha value is -7.50. The molecule has 0 aliphatic rings. The Morgan fingerprint density at radius 2 is 0.945 bits per heavy atom. The van der Waals surface area contributed by atoms with Gasteiger partial charge in [0.15, 0.2) is 5.58 Å². The maximum absolute atomic E-state index is 6.29. The zero-order chi connectivity index (χ0) is 36.3. The van der Waals surface area contributed by atoms with Crippen molar-refractivity contribution in [3.63, 3.8) is 0 Å². The lowest BCUT2D eigenvalue weighted by Crippen LogP contribution is -1.92. The van der Waals surface area contributed by atoms with Crippen molar-refractivity contribution in [2.45, 2.75) is 0 Å². The predicted molar refractivity (Wildman–Crippen MR) is 225 cm³/mol. The lowest BCUT2D eigenvalue weighted by Gasteiger charge is -2.12. The molecule has 0 saturated heterocycles. The highest BCUT2D eigenvalue weighted by Crippen LogP contribution is 2.39. The Balaban J connectivity index is 0.976. The van der Waals surface area contributed by atoms with E-state index in [2.05, 4.69) is 121 Å². The van der Waals surface area contributed by atoms with E-state index in [1.54, 1.807) is 0 Å². The summed E-state index contributed by atoms with van der Waals surface area (Å²) in [6.45, 7) is 0. The van der Waals surface area contributed by atoms with E-state index >= 15 is 0 Å². The summed E-state index contributed by atoms with van der Waals surface area (Å²) in [5.41, 5.74) is 13.4. The highest BCUT2D eigenvalue weighted by atomic mass is 16.3. The summed E-state index contributed by atoms with van der Waals surface area (Å²) < 4.78 is 6.29.